The van der Waals surface area contributed by atoms with Crippen LogP contribution >= 0.6 is 12.6 Å². The van der Waals surface area contributed by atoms with Crippen molar-refractivity contribution in [3.8, 4) is 0 Å². The summed E-state index contributed by atoms with van der Waals surface area (Å²) < 4.78 is 0. The van der Waals surface area contributed by atoms with Crippen molar-refractivity contribution in [2.75, 3.05) is 18.8 Å². The van der Waals surface area contributed by atoms with Gasteiger partial charge in [0.25, 0.3) is 0 Å². The zero-order valence-electron chi connectivity index (χ0n) is 12.2. The Hall–Kier alpha value is 0.310. The summed E-state index contributed by atoms with van der Waals surface area (Å²) in [7, 11) is 0. The molecule has 0 bridgehead atoms. The Morgan fingerprint density at radius 1 is 1.00 bits per heavy atom. The number of hydrogen-bond acceptors (Lipinski definition) is 2. The molecule has 0 N–H and O–H groups in total. The molecule has 0 unspecified atom stereocenters. The van der Waals surface area contributed by atoms with Gasteiger partial charge in [-0.15, -0.1) is 0 Å². The second-order valence-corrected chi connectivity index (χ2v) is 6.89. The lowest BCUT2D eigenvalue weighted by molar-refractivity contribution is 0.0802. The van der Waals surface area contributed by atoms with E-state index in [9.17, 15) is 0 Å². The smallest absolute Gasteiger partial charge is 0.00953 e. The van der Waals surface area contributed by atoms with Gasteiger partial charge in [-0.2, -0.15) is 12.6 Å². The van der Waals surface area contributed by atoms with E-state index in [-0.39, 0.29) is 0 Å². The second-order valence-electron chi connectivity index (χ2n) is 6.57. The molecule has 2 aliphatic rings. The van der Waals surface area contributed by atoms with Crippen molar-refractivity contribution in [2.24, 2.45) is 5.41 Å². The Morgan fingerprint density at radius 2 is 1.61 bits per heavy atom. The summed E-state index contributed by atoms with van der Waals surface area (Å²) in [5.41, 5.74) is 0.537. The minimum Gasteiger partial charge on any atom is -0.300 e. The van der Waals surface area contributed by atoms with E-state index in [0.717, 1.165) is 11.8 Å². The summed E-state index contributed by atoms with van der Waals surface area (Å²) in [5.74, 6) is 1.09. The van der Waals surface area contributed by atoms with Gasteiger partial charge in [0.1, 0.15) is 0 Å². The van der Waals surface area contributed by atoms with Crippen molar-refractivity contribution in [2.45, 2.75) is 77.2 Å². The topological polar surface area (TPSA) is 3.24 Å². The third-order valence-electron chi connectivity index (χ3n) is 5.29. The summed E-state index contributed by atoms with van der Waals surface area (Å²) in [6, 6.07) is 0.877. The largest absolute Gasteiger partial charge is 0.300 e. The Labute approximate surface area is 119 Å². The molecule has 1 nitrogen and oxygen atoms in total. The second kappa shape index (κ2) is 7.19. The van der Waals surface area contributed by atoms with Crippen molar-refractivity contribution >= 4 is 12.6 Å². The van der Waals surface area contributed by atoms with Crippen LogP contribution in [0.25, 0.3) is 0 Å². The van der Waals surface area contributed by atoms with Crippen LogP contribution in [0.5, 0.6) is 0 Å². The molecule has 0 aliphatic heterocycles. The van der Waals surface area contributed by atoms with Crippen LogP contribution in [0.15, 0.2) is 0 Å². The van der Waals surface area contributed by atoms with Gasteiger partial charge in [0.05, 0.1) is 0 Å². The first-order valence-electron chi connectivity index (χ1n) is 8.14. The highest BCUT2D eigenvalue weighted by molar-refractivity contribution is 7.80. The van der Waals surface area contributed by atoms with Gasteiger partial charge in [-0.25, -0.2) is 0 Å². The van der Waals surface area contributed by atoms with Crippen LogP contribution in [-0.2, 0) is 0 Å². The van der Waals surface area contributed by atoms with E-state index in [1.165, 1.54) is 77.3 Å². The van der Waals surface area contributed by atoms with E-state index in [1.807, 2.05) is 0 Å². The van der Waals surface area contributed by atoms with E-state index >= 15 is 0 Å². The van der Waals surface area contributed by atoms with Gasteiger partial charge in [-0.05, 0) is 43.4 Å². The fraction of sp³-hybridized carbons (Fsp3) is 1.00. The Bertz CT molecular complexity index is 229. The highest BCUT2D eigenvalue weighted by Gasteiger charge is 2.34. The molecule has 0 aromatic heterocycles. The molecule has 2 fully saturated rings. The minimum atomic E-state index is 0.537. The molecule has 0 spiro atoms. The van der Waals surface area contributed by atoms with Gasteiger partial charge in [-0.3, -0.25) is 0 Å². The first-order chi connectivity index (χ1) is 8.79. The molecule has 0 atom stereocenters. The molecular formula is C16H31NS. The molecule has 0 saturated heterocycles. The van der Waals surface area contributed by atoms with Crippen molar-refractivity contribution in [1.82, 2.24) is 4.90 Å². The highest BCUT2D eigenvalue weighted by atomic mass is 32.1. The van der Waals surface area contributed by atoms with Crippen LogP contribution < -0.4 is 0 Å². The van der Waals surface area contributed by atoms with Crippen molar-refractivity contribution < 1.29 is 0 Å². The van der Waals surface area contributed by atoms with Crippen LogP contribution in [0.3, 0.4) is 0 Å². The fourth-order valence-electron chi connectivity index (χ4n) is 4.04. The number of thiol groups is 1. The van der Waals surface area contributed by atoms with Gasteiger partial charge in [0.2, 0.25) is 0 Å². The van der Waals surface area contributed by atoms with Crippen molar-refractivity contribution in [3.63, 3.8) is 0 Å². The summed E-state index contributed by atoms with van der Waals surface area (Å²) >= 11 is 4.70. The van der Waals surface area contributed by atoms with E-state index in [4.69, 9.17) is 12.6 Å². The lowest BCUT2D eigenvalue weighted by Gasteiger charge is -2.43. The van der Waals surface area contributed by atoms with Gasteiger partial charge in [0.15, 0.2) is 0 Å². The van der Waals surface area contributed by atoms with Crippen LogP contribution in [0.4, 0.5) is 0 Å². The fourth-order valence-corrected chi connectivity index (χ4v) is 4.46. The van der Waals surface area contributed by atoms with Crippen LogP contribution in [-0.4, -0.2) is 29.8 Å². The molecule has 0 amide bonds. The first kappa shape index (κ1) is 14.7. The van der Waals surface area contributed by atoms with E-state index in [0.29, 0.717) is 5.41 Å². The zero-order valence-corrected chi connectivity index (χ0v) is 13.1. The van der Waals surface area contributed by atoms with Gasteiger partial charge < -0.3 is 4.90 Å². The predicted molar refractivity (Wildman–Crippen MR) is 83.5 cm³/mol. The Balaban J connectivity index is 1.94. The molecule has 0 aromatic carbocycles. The molecule has 2 saturated carbocycles. The molecule has 106 valence electrons. The first-order valence-corrected chi connectivity index (χ1v) is 8.78. The SMILES string of the molecule is CCN(CC1(CS)CCCCC1)C1CCCCC1. The number of hydrogen-bond donors (Lipinski definition) is 1. The van der Waals surface area contributed by atoms with Crippen LogP contribution in [0.2, 0.25) is 0 Å². The molecule has 2 heteroatoms. The van der Waals surface area contributed by atoms with Crippen LogP contribution in [0, 0.1) is 5.41 Å². The van der Waals surface area contributed by atoms with Crippen molar-refractivity contribution in [3.05, 3.63) is 0 Å². The zero-order chi connectivity index (χ0) is 12.8. The summed E-state index contributed by atoms with van der Waals surface area (Å²) in [6.45, 7) is 4.90. The third kappa shape index (κ3) is 3.66. The number of rotatable bonds is 5. The van der Waals surface area contributed by atoms with Gasteiger partial charge in [-0.1, -0.05) is 45.4 Å². The summed E-state index contributed by atoms with van der Waals surface area (Å²) in [6.07, 6.45) is 14.4. The molecule has 0 radical (unpaired) electrons. The maximum atomic E-state index is 4.70. The third-order valence-corrected chi connectivity index (χ3v) is 5.96. The summed E-state index contributed by atoms with van der Waals surface area (Å²) in [5, 5.41) is 0. The van der Waals surface area contributed by atoms with Gasteiger partial charge in [0, 0.05) is 12.6 Å². The lowest BCUT2D eigenvalue weighted by atomic mass is 9.74. The minimum absolute atomic E-state index is 0.537. The quantitative estimate of drug-likeness (QED) is 0.718. The summed E-state index contributed by atoms with van der Waals surface area (Å²) in [4.78, 5) is 2.79. The normalized spacial score (nSPS) is 25.5. The molecule has 0 heterocycles. The van der Waals surface area contributed by atoms with E-state index in [2.05, 4.69) is 11.8 Å². The van der Waals surface area contributed by atoms with E-state index in [1.54, 1.807) is 0 Å². The highest BCUT2D eigenvalue weighted by Crippen LogP contribution is 2.39. The Kier molecular flexibility index (Phi) is 5.88. The maximum absolute atomic E-state index is 4.70. The monoisotopic (exact) mass is 269 g/mol. The molecule has 2 rings (SSSR count). The standard InChI is InChI=1S/C16H31NS/c1-2-17(15-9-5-3-6-10-15)13-16(14-18)11-7-4-8-12-16/h15,18H,2-14H2,1H3. The van der Waals surface area contributed by atoms with Crippen molar-refractivity contribution in [1.29, 1.82) is 0 Å². The molecule has 18 heavy (non-hydrogen) atoms. The Morgan fingerprint density at radius 3 is 2.17 bits per heavy atom. The van der Waals surface area contributed by atoms with Gasteiger partial charge >= 0.3 is 0 Å². The van der Waals surface area contributed by atoms with Crippen LogP contribution in [0.1, 0.15) is 71.1 Å². The predicted octanol–water partition coefficient (Wildman–Crippen LogP) is 4.52. The lowest BCUT2D eigenvalue weighted by Crippen LogP contribution is -2.46. The van der Waals surface area contributed by atoms with E-state index < -0.39 is 0 Å². The number of nitrogens with zero attached hydrogens (tertiary/aromatic N) is 1. The molecular weight excluding hydrogens is 238 g/mol. The average Bonchev–Trinajstić information content (AvgIpc) is 2.47. The maximum Gasteiger partial charge on any atom is 0.00953 e. The average molecular weight is 269 g/mol. The molecule has 0 aromatic rings. The molecule has 2 aliphatic carbocycles.